The number of alkyl halides is 3. The topological polar surface area (TPSA) is 87.4 Å². The van der Waals surface area contributed by atoms with Crippen molar-refractivity contribution in [3.63, 3.8) is 0 Å². The molecule has 0 radical (unpaired) electrons. The Labute approximate surface area is 131 Å². The molecule has 6 nitrogen and oxygen atoms in total. The Balaban J connectivity index is 2.15. The molecule has 0 saturated heterocycles. The first-order chi connectivity index (χ1) is 10.7. The number of imidazole rings is 1. The molecule has 1 heterocycles. The van der Waals surface area contributed by atoms with E-state index < -0.39 is 29.9 Å². The summed E-state index contributed by atoms with van der Waals surface area (Å²) in [5, 5.41) is 21.6. The molecule has 1 fully saturated rings. The number of aliphatic hydroxyl groups excluding tert-OH is 1. The van der Waals surface area contributed by atoms with Crippen molar-refractivity contribution in [2.45, 2.75) is 43.5 Å². The summed E-state index contributed by atoms with van der Waals surface area (Å²) >= 11 is 0. The average Bonchev–Trinajstić information content (AvgIpc) is 3.18. The predicted molar refractivity (Wildman–Crippen MR) is 74.1 cm³/mol. The van der Waals surface area contributed by atoms with Gasteiger partial charge in [0.1, 0.15) is 0 Å². The predicted octanol–water partition coefficient (Wildman–Crippen LogP) is 0.837. The summed E-state index contributed by atoms with van der Waals surface area (Å²) in [4.78, 5) is 15.6. The molecule has 0 spiro atoms. The lowest BCUT2D eigenvalue weighted by atomic mass is 9.96. The van der Waals surface area contributed by atoms with E-state index in [-0.39, 0.29) is 25.0 Å². The third-order valence-corrected chi connectivity index (χ3v) is 4.05. The van der Waals surface area contributed by atoms with Gasteiger partial charge in [0, 0.05) is 32.1 Å². The van der Waals surface area contributed by atoms with E-state index in [1.165, 1.54) is 13.2 Å². The van der Waals surface area contributed by atoms with Gasteiger partial charge in [0.2, 0.25) is 11.5 Å². The van der Waals surface area contributed by atoms with Crippen LogP contribution in [-0.2, 0) is 17.4 Å². The van der Waals surface area contributed by atoms with Crippen molar-refractivity contribution < 1.29 is 28.2 Å². The van der Waals surface area contributed by atoms with Gasteiger partial charge in [-0.15, -0.1) is 0 Å². The number of nitrogens with one attached hydrogen (secondary N) is 1. The molecule has 0 aliphatic heterocycles. The first kappa shape index (κ1) is 17.7. The highest BCUT2D eigenvalue weighted by molar-refractivity contribution is 5.77. The molecule has 9 heteroatoms. The molecule has 2 unspecified atom stereocenters. The zero-order valence-corrected chi connectivity index (χ0v) is 12.7. The molecule has 2 atom stereocenters. The minimum Gasteiger partial charge on any atom is -0.396 e. The largest absolute Gasteiger partial charge is 0.425 e. The quantitative estimate of drug-likeness (QED) is 0.689. The second-order valence-corrected chi connectivity index (χ2v) is 5.92. The first-order valence-corrected chi connectivity index (χ1v) is 7.36. The number of amides is 1. The van der Waals surface area contributed by atoms with E-state index >= 15 is 0 Å². The number of hydrogen-bond acceptors (Lipinski definition) is 4. The van der Waals surface area contributed by atoms with Crippen molar-refractivity contribution in [1.29, 1.82) is 0 Å². The summed E-state index contributed by atoms with van der Waals surface area (Å²) in [7, 11) is 1.32. The molecule has 1 aromatic heterocycles. The van der Waals surface area contributed by atoms with Crippen LogP contribution >= 0.6 is 0 Å². The summed E-state index contributed by atoms with van der Waals surface area (Å²) in [6.45, 7) is -0.162. The lowest BCUT2D eigenvalue weighted by molar-refractivity contribution is -0.271. The Morgan fingerprint density at radius 2 is 2.17 bits per heavy atom. The highest BCUT2D eigenvalue weighted by atomic mass is 19.4. The van der Waals surface area contributed by atoms with Crippen LogP contribution < -0.4 is 5.32 Å². The third-order valence-electron chi connectivity index (χ3n) is 4.05. The molecule has 1 saturated carbocycles. The smallest absolute Gasteiger partial charge is 0.396 e. The third kappa shape index (κ3) is 3.84. The molecule has 1 aliphatic rings. The molecule has 2 rings (SSSR count). The Morgan fingerprint density at radius 3 is 2.61 bits per heavy atom. The van der Waals surface area contributed by atoms with Crippen molar-refractivity contribution >= 4 is 5.91 Å². The second kappa shape index (κ2) is 6.48. The molecular formula is C14H20F3N3O3. The number of aryl methyl sites for hydroxylation is 1. The number of aromatic nitrogens is 2. The van der Waals surface area contributed by atoms with Crippen LogP contribution in [0.25, 0.3) is 0 Å². The van der Waals surface area contributed by atoms with E-state index in [1.807, 2.05) is 0 Å². The standard InChI is InChI=1S/C14H20F3N3O3/c1-20-6-5-18-12(20)13(23,14(15,16)17)8-11(22)19-10(4-7-21)9-2-3-9/h5-6,9-10,21,23H,2-4,7-8H2,1H3,(H,19,22). The Morgan fingerprint density at radius 1 is 1.52 bits per heavy atom. The second-order valence-electron chi connectivity index (χ2n) is 5.92. The maximum atomic E-state index is 13.3. The fourth-order valence-corrected chi connectivity index (χ4v) is 2.62. The van der Waals surface area contributed by atoms with Gasteiger partial charge in [-0.3, -0.25) is 4.79 Å². The van der Waals surface area contributed by atoms with Gasteiger partial charge in [-0.2, -0.15) is 13.2 Å². The summed E-state index contributed by atoms with van der Waals surface area (Å²) < 4.78 is 41.1. The van der Waals surface area contributed by atoms with Crippen molar-refractivity contribution in [1.82, 2.24) is 14.9 Å². The molecule has 23 heavy (non-hydrogen) atoms. The Hall–Kier alpha value is -1.61. The molecule has 1 aromatic rings. The summed E-state index contributed by atoms with van der Waals surface area (Å²) in [6, 6.07) is -0.369. The number of rotatable bonds is 7. The maximum Gasteiger partial charge on any atom is 0.425 e. The lowest BCUT2D eigenvalue weighted by Crippen LogP contribution is -2.49. The van der Waals surface area contributed by atoms with Crippen LogP contribution in [0.1, 0.15) is 31.5 Å². The van der Waals surface area contributed by atoms with Crippen molar-refractivity contribution in [2.75, 3.05) is 6.61 Å². The zero-order valence-electron chi connectivity index (χ0n) is 12.7. The summed E-state index contributed by atoms with van der Waals surface area (Å²) in [6.07, 6.45) is -1.80. The van der Waals surface area contributed by atoms with E-state index in [0.29, 0.717) is 0 Å². The lowest BCUT2D eigenvalue weighted by Gasteiger charge is -2.30. The fourth-order valence-electron chi connectivity index (χ4n) is 2.62. The number of halogens is 3. The van der Waals surface area contributed by atoms with Gasteiger partial charge in [-0.1, -0.05) is 0 Å². The van der Waals surface area contributed by atoms with Gasteiger partial charge in [-0.25, -0.2) is 4.98 Å². The van der Waals surface area contributed by atoms with Crippen LogP contribution in [0.2, 0.25) is 0 Å². The van der Waals surface area contributed by atoms with Gasteiger partial charge >= 0.3 is 6.18 Å². The van der Waals surface area contributed by atoms with Crippen LogP contribution in [0.15, 0.2) is 12.4 Å². The molecule has 0 bridgehead atoms. The van der Waals surface area contributed by atoms with E-state index in [2.05, 4.69) is 10.3 Å². The highest BCUT2D eigenvalue weighted by Gasteiger charge is 2.58. The molecule has 1 aliphatic carbocycles. The van der Waals surface area contributed by atoms with Crippen LogP contribution in [-0.4, -0.2) is 44.5 Å². The van der Waals surface area contributed by atoms with Crippen LogP contribution in [0.5, 0.6) is 0 Å². The summed E-state index contributed by atoms with van der Waals surface area (Å²) in [5.41, 5.74) is -3.36. The average molecular weight is 335 g/mol. The Bertz CT molecular complexity index is 557. The SMILES string of the molecule is Cn1ccnc1C(O)(CC(=O)NC(CCO)C1CC1)C(F)(F)F. The van der Waals surface area contributed by atoms with Crippen molar-refractivity contribution in [2.24, 2.45) is 13.0 Å². The van der Waals surface area contributed by atoms with Crippen LogP contribution in [0.4, 0.5) is 13.2 Å². The fraction of sp³-hybridized carbons (Fsp3) is 0.714. The molecular weight excluding hydrogens is 315 g/mol. The van der Waals surface area contributed by atoms with Crippen molar-refractivity contribution in [3.05, 3.63) is 18.2 Å². The van der Waals surface area contributed by atoms with Gasteiger partial charge in [-0.05, 0) is 25.2 Å². The van der Waals surface area contributed by atoms with E-state index in [9.17, 15) is 23.1 Å². The van der Waals surface area contributed by atoms with Gasteiger partial charge in [0.05, 0.1) is 6.42 Å². The van der Waals surface area contributed by atoms with Gasteiger partial charge in [0.15, 0.2) is 5.82 Å². The number of carbonyl (C=O) groups is 1. The minimum atomic E-state index is -5.05. The number of nitrogens with zero attached hydrogens (tertiary/aromatic N) is 2. The zero-order chi connectivity index (χ0) is 17.3. The summed E-state index contributed by atoms with van der Waals surface area (Å²) in [5.74, 6) is -1.37. The Kier molecular flexibility index (Phi) is 5.00. The van der Waals surface area contributed by atoms with Gasteiger partial charge in [0.25, 0.3) is 0 Å². The van der Waals surface area contributed by atoms with Crippen LogP contribution in [0.3, 0.4) is 0 Å². The molecule has 1 amide bonds. The normalized spacial score (nSPS) is 19.2. The van der Waals surface area contributed by atoms with Gasteiger partial charge < -0.3 is 20.1 Å². The minimum absolute atomic E-state index is 0.162. The number of aliphatic hydroxyl groups is 2. The monoisotopic (exact) mass is 335 g/mol. The number of carbonyl (C=O) groups excluding carboxylic acids is 1. The maximum absolute atomic E-state index is 13.3. The molecule has 130 valence electrons. The first-order valence-electron chi connectivity index (χ1n) is 7.36. The molecule has 0 aromatic carbocycles. The highest BCUT2D eigenvalue weighted by Crippen LogP contribution is 2.41. The van der Waals surface area contributed by atoms with Crippen LogP contribution in [0, 0.1) is 5.92 Å². The number of hydrogen-bond donors (Lipinski definition) is 3. The van der Waals surface area contributed by atoms with E-state index in [4.69, 9.17) is 5.11 Å². The molecule has 3 N–H and O–H groups in total. The van der Waals surface area contributed by atoms with E-state index in [0.717, 1.165) is 23.6 Å². The van der Waals surface area contributed by atoms with E-state index in [1.54, 1.807) is 0 Å². The van der Waals surface area contributed by atoms with Crippen molar-refractivity contribution in [3.8, 4) is 0 Å².